The van der Waals surface area contributed by atoms with Gasteiger partial charge in [-0.25, -0.2) is 9.97 Å². The number of benzene rings is 10. The van der Waals surface area contributed by atoms with E-state index in [1.54, 1.807) is 0 Å². The van der Waals surface area contributed by atoms with Crippen LogP contribution in [0.1, 0.15) is 22.7 Å². The highest BCUT2D eigenvalue weighted by Crippen LogP contribution is 2.49. The molecular formula is C65H45N3Si. The maximum absolute atomic E-state index is 5.64. The van der Waals surface area contributed by atoms with Crippen LogP contribution in [-0.4, -0.2) is 22.6 Å². The van der Waals surface area contributed by atoms with E-state index < -0.39 is 8.07 Å². The maximum atomic E-state index is 5.64. The van der Waals surface area contributed by atoms with E-state index in [2.05, 4.69) is 271 Å². The van der Waals surface area contributed by atoms with Crippen molar-refractivity contribution in [1.82, 2.24) is 14.5 Å². The van der Waals surface area contributed by atoms with Gasteiger partial charge in [0.15, 0.2) is 13.9 Å². The summed E-state index contributed by atoms with van der Waals surface area (Å²) in [5.41, 5.74) is 13.9. The minimum absolute atomic E-state index is 0.104. The second-order valence-corrected chi connectivity index (χ2v) is 21.8. The van der Waals surface area contributed by atoms with Crippen molar-refractivity contribution in [3.8, 4) is 50.6 Å². The highest BCUT2D eigenvalue weighted by Gasteiger charge is 2.41. The molecule has 0 radical (unpaired) electrons. The van der Waals surface area contributed by atoms with Gasteiger partial charge in [0.2, 0.25) is 0 Å². The number of hydrogen-bond donors (Lipinski definition) is 0. The van der Waals surface area contributed by atoms with Crippen LogP contribution in [0.4, 0.5) is 0 Å². The summed E-state index contributed by atoms with van der Waals surface area (Å²) in [6.45, 7) is 0. The molecule has 4 heteroatoms. The largest absolute Gasteiger partial charge is 0.294 e. The van der Waals surface area contributed by atoms with Crippen molar-refractivity contribution in [2.75, 3.05) is 0 Å². The number of nitrogens with zero attached hydrogens (tertiary/aromatic N) is 3. The van der Waals surface area contributed by atoms with E-state index in [4.69, 9.17) is 9.97 Å². The Balaban J connectivity index is 1.03. The minimum Gasteiger partial charge on any atom is -0.294 e. The van der Waals surface area contributed by atoms with E-state index in [0.717, 1.165) is 28.1 Å². The predicted molar refractivity (Wildman–Crippen MR) is 289 cm³/mol. The van der Waals surface area contributed by atoms with E-state index in [9.17, 15) is 0 Å². The van der Waals surface area contributed by atoms with Crippen LogP contribution in [-0.2, 0) is 0 Å². The molecule has 0 spiro atoms. The molecule has 324 valence electrons. The van der Waals surface area contributed by atoms with Gasteiger partial charge in [-0.05, 0) is 89.5 Å². The van der Waals surface area contributed by atoms with Gasteiger partial charge in [0.05, 0.1) is 22.6 Å². The molecule has 1 aliphatic rings. The molecule has 1 atom stereocenters. The summed E-state index contributed by atoms with van der Waals surface area (Å²) in [6, 6.07) is 97.5. The molecule has 3 nitrogen and oxygen atoms in total. The van der Waals surface area contributed by atoms with E-state index in [1.165, 1.54) is 76.0 Å². The molecule has 69 heavy (non-hydrogen) atoms. The third-order valence-corrected chi connectivity index (χ3v) is 19.1. The van der Waals surface area contributed by atoms with E-state index in [0.29, 0.717) is 5.82 Å². The molecule has 0 amide bonds. The molecule has 0 N–H and O–H groups in total. The SMILES string of the molecule is c1ccc(-c2ccc3c(c2)-c2ccccc2C3c2cc(-n3c4ccccc4c4cc(-c5ccccc5)ccc43)nc(-c3ccc([Si](c4ccccc4)(c4ccccc4)c4ccccc4)cc3)n2)cc1. The Kier molecular flexibility index (Phi) is 9.92. The van der Waals surface area contributed by atoms with Crippen molar-refractivity contribution in [2.45, 2.75) is 5.92 Å². The average molecular weight is 896 g/mol. The van der Waals surface area contributed by atoms with Crippen LogP contribution < -0.4 is 20.7 Å². The normalized spacial score (nSPS) is 13.1. The van der Waals surface area contributed by atoms with Gasteiger partial charge in [0.25, 0.3) is 0 Å². The van der Waals surface area contributed by atoms with Gasteiger partial charge in [-0.3, -0.25) is 4.57 Å². The molecular weight excluding hydrogens is 851 g/mol. The fourth-order valence-corrected chi connectivity index (χ4v) is 15.9. The lowest BCUT2D eigenvalue weighted by Gasteiger charge is -2.34. The molecule has 2 heterocycles. The van der Waals surface area contributed by atoms with Crippen LogP contribution in [0, 0.1) is 0 Å². The molecule has 1 unspecified atom stereocenters. The lowest BCUT2D eigenvalue weighted by atomic mass is 9.92. The van der Waals surface area contributed by atoms with Gasteiger partial charge >= 0.3 is 0 Å². The van der Waals surface area contributed by atoms with Gasteiger partial charge < -0.3 is 0 Å². The second kappa shape index (κ2) is 16.9. The second-order valence-electron chi connectivity index (χ2n) is 18.0. The smallest absolute Gasteiger partial charge is 0.179 e. The average Bonchev–Trinajstić information content (AvgIpc) is 3.95. The predicted octanol–water partition coefficient (Wildman–Crippen LogP) is 13.1. The first-order valence-electron chi connectivity index (χ1n) is 23.8. The lowest BCUT2D eigenvalue weighted by molar-refractivity contribution is 0.913. The van der Waals surface area contributed by atoms with Crippen LogP contribution in [0.15, 0.2) is 267 Å². The highest BCUT2D eigenvalue weighted by molar-refractivity contribution is 7.19. The molecule has 0 fully saturated rings. The minimum atomic E-state index is -2.75. The zero-order valence-corrected chi connectivity index (χ0v) is 38.8. The molecule has 0 bridgehead atoms. The summed E-state index contributed by atoms with van der Waals surface area (Å²) in [5, 5.41) is 7.69. The molecule has 13 rings (SSSR count). The topological polar surface area (TPSA) is 30.7 Å². The first-order valence-corrected chi connectivity index (χ1v) is 25.8. The van der Waals surface area contributed by atoms with Crippen molar-refractivity contribution in [2.24, 2.45) is 0 Å². The molecule has 0 saturated heterocycles. The van der Waals surface area contributed by atoms with Crippen molar-refractivity contribution in [1.29, 1.82) is 0 Å². The molecule has 10 aromatic carbocycles. The van der Waals surface area contributed by atoms with Crippen LogP contribution >= 0.6 is 0 Å². The summed E-state index contributed by atoms with van der Waals surface area (Å²) < 4.78 is 2.35. The quantitative estimate of drug-likeness (QED) is 0.107. The number of fused-ring (bicyclic) bond motifs is 6. The van der Waals surface area contributed by atoms with Crippen LogP contribution in [0.2, 0.25) is 0 Å². The Morgan fingerprint density at radius 3 is 1.43 bits per heavy atom. The first-order chi connectivity index (χ1) is 34.2. The number of rotatable bonds is 9. The zero-order valence-electron chi connectivity index (χ0n) is 37.8. The Bertz CT molecular complexity index is 3720. The van der Waals surface area contributed by atoms with Gasteiger partial charge in [0, 0.05) is 22.4 Å². The van der Waals surface area contributed by atoms with Crippen molar-refractivity contribution in [3.63, 3.8) is 0 Å². The van der Waals surface area contributed by atoms with E-state index >= 15 is 0 Å². The monoisotopic (exact) mass is 895 g/mol. The third-order valence-electron chi connectivity index (χ3n) is 14.3. The Morgan fingerprint density at radius 2 is 0.797 bits per heavy atom. The Morgan fingerprint density at radius 1 is 0.319 bits per heavy atom. The molecule has 1 aliphatic carbocycles. The standard InChI is InChI=1S/C65H45N3Si/c1-6-20-45(21-7-1)48-36-40-57-58(42-48)54-30-16-17-32-56(54)64(57)60-44-63(68-61-33-19-18-31-55(61)59-43-49(37-41-62(59)68)46-22-8-2-9-23-46)67-65(66-60)47-34-38-53(39-35-47)69(50-24-10-3-11-25-50,51-26-12-4-13-27-51)52-28-14-5-15-29-52/h1-44,64H. The summed E-state index contributed by atoms with van der Waals surface area (Å²) >= 11 is 0. The van der Waals surface area contributed by atoms with Gasteiger partial charge in [0.1, 0.15) is 5.82 Å². The summed E-state index contributed by atoms with van der Waals surface area (Å²) in [4.78, 5) is 11.2. The summed E-state index contributed by atoms with van der Waals surface area (Å²) in [7, 11) is -2.75. The fourth-order valence-electron chi connectivity index (χ4n) is 11.1. The summed E-state index contributed by atoms with van der Waals surface area (Å²) in [5.74, 6) is 1.43. The fraction of sp³-hybridized carbons (Fsp3) is 0.0154. The van der Waals surface area contributed by atoms with Crippen molar-refractivity contribution >= 4 is 50.6 Å². The maximum Gasteiger partial charge on any atom is 0.179 e. The number of aromatic nitrogens is 3. The van der Waals surface area contributed by atoms with Gasteiger partial charge in [-0.15, -0.1) is 0 Å². The Labute approximate surface area is 403 Å². The van der Waals surface area contributed by atoms with Crippen molar-refractivity contribution in [3.05, 3.63) is 284 Å². The summed E-state index contributed by atoms with van der Waals surface area (Å²) in [6.07, 6.45) is 0. The van der Waals surface area contributed by atoms with Crippen molar-refractivity contribution < 1.29 is 0 Å². The highest BCUT2D eigenvalue weighted by atomic mass is 28.3. The zero-order chi connectivity index (χ0) is 45.7. The number of para-hydroxylation sites is 1. The van der Waals surface area contributed by atoms with Crippen LogP contribution in [0.25, 0.3) is 72.4 Å². The van der Waals surface area contributed by atoms with Gasteiger partial charge in [-0.1, -0.05) is 237 Å². The van der Waals surface area contributed by atoms with Crippen LogP contribution in [0.3, 0.4) is 0 Å². The van der Waals surface area contributed by atoms with Gasteiger partial charge in [-0.2, -0.15) is 0 Å². The molecule has 0 aliphatic heterocycles. The lowest BCUT2D eigenvalue weighted by Crippen LogP contribution is -2.74. The Hall–Kier alpha value is -8.70. The molecule has 2 aromatic heterocycles. The molecule has 12 aromatic rings. The molecule has 0 saturated carbocycles. The van der Waals surface area contributed by atoms with Crippen LogP contribution in [0.5, 0.6) is 0 Å². The van der Waals surface area contributed by atoms with E-state index in [-0.39, 0.29) is 5.92 Å². The third kappa shape index (κ3) is 6.79. The number of hydrogen-bond acceptors (Lipinski definition) is 2. The first kappa shape index (κ1) is 40.6. The van der Waals surface area contributed by atoms with E-state index in [1.807, 2.05) is 0 Å².